The lowest BCUT2D eigenvalue weighted by Crippen LogP contribution is -2.20. The molecule has 1 N–H and O–H groups in total. The van der Waals surface area contributed by atoms with Gasteiger partial charge < -0.3 is 10.2 Å². The molecule has 1 fully saturated rings. The molecule has 1 saturated carbocycles. The van der Waals surface area contributed by atoms with Crippen molar-refractivity contribution in [1.82, 2.24) is 15.5 Å². The fourth-order valence-electron chi connectivity index (χ4n) is 2.18. The molecule has 0 saturated heterocycles. The van der Waals surface area contributed by atoms with Gasteiger partial charge in [0.05, 0.1) is 5.69 Å². The summed E-state index contributed by atoms with van der Waals surface area (Å²) in [5.74, 6) is 0.894. The van der Waals surface area contributed by atoms with Gasteiger partial charge in [0.15, 0.2) is 5.82 Å². The maximum Gasteiger partial charge on any atom is 0.151 e. The van der Waals surface area contributed by atoms with Crippen molar-refractivity contribution in [3.8, 4) is 0 Å². The van der Waals surface area contributed by atoms with Crippen LogP contribution in [0.5, 0.6) is 0 Å². The minimum atomic E-state index is 0.700. The lowest BCUT2D eigenvalue weighted by atomic mass is 10.2. The molecule has 1 heterocycles. The average Bonchev–Trinajstić information content (AvgIpc) is 3.30. The molecule has 3 rings (SSSR count). The Balaban J connectivity index is 1.59. The van der Waals surface area contributed by atoms with Crippen LogP contribution >= 0.6 is 15.9 Å². The molecule has 0 bridgehead atoms. The summed E-state index contributed by atoms with van der Waals surface area (Å²) in [6, 6.07) is 13.1. The Labute approximate surface area is 133 Å². The van der Waals surface area contributed by atoms with Gasteiger partial charge in [0, 0.05) is 30.7 Å². The topological polar surface area (TPSA) is 41.0 Å². The first-order chi connectivity index (χ1) is 10.2. The number of hydrogen-bond acceptors (Lipinski definition) is 4. The summed E-state index contributed by atoms with van der Waals surface area (Å²) in [5, 5.41) is 12.1. The summed E-state index contributed by atoms with van der Waals surface area (Å²) in [6.45, 7) is 1.63. The lowest BCUT2D eigenvalue weighted by Gasteiger charge is -2.18. The molecule has 4 nitrogen and oxygen atoms in total. The van der Waals surface area contributed by atoms with Crippen molar-refractivity contribution in [2.45, 2.75) is 32.0 Å². The van der Waals surface area contributed by atoms with Crippen molar-refractivity contribution in [2.24, 2.45) is 0 Å². The maximum absolute atomic E-state index is 4.32. The molecule has 2 aromatic rings. The Morgan fingerprint density at radius 3 is 2.76 bits per heavy atom. The minimum Gasteiger partial charge on any atom is -0.354 e. The number of nitrogens with one attached hydrogen (secondary N) is 1. The Morgan fingerprint density at radius 1 is 1.24 bits per heavy atom. The van der Waals surface area contributed by atoms with E-state index in [1.165, 1.54) is 18.4 Å². The van der Waals surface area contributed by atoms with Crippen molar-refractivity contribution in [3.63, 3.8) is 0 Å². The fourth-order valence-corrected chi connectivity index (χ4v) is 2.62. The van der Waals surface area contributed by atoms with Gasteiger partial charge in [0.2, 0.25) is 0 Å². The number of anilines is 1. The Bertz CT molecular complexity index is 595. The Kier molecular flexibility index (Phi) is 4.51. The quantitative estimate of drug-likeness (QED) is 0.872. The number of benzene rings is 1. The van der Waals surface area contributed by atoms with Crippen molar-refractivity contribution in [3.05, 3.63) is 52.1 Å². The zero-order chi connectivity index (χ0) is 14.7. The van der Waals surface area contributed by atoms with E-state index in [4.69, 9.17) is 0 Å². The van der Waals surface area contributed by atoms with E-state index in [1.807, 2.05) is 25.2 Å². The number of rotatable bonds is 6. The first-order valence-electron chi connectivity index (χ1n) is 7.22. The lowest BCUT2D eigenvalue weighted by molar-refractivity contribution is 0.664. The van der Waals surface area contributed by atoms with E-state index in [-0.39, 0.29) is 0 Å². The van der Waals surface area contributed by atoms with E-state index in [0.29, 0.717) is 6.04 Å². The van der Waals surface area contributed by atoms with Crippen LogP contribution in [0, 0.1) is 0 Å². The third-order valence-corrected chi connectivity index (χ3v) is 4.05. The SMILES string of the molecule is CN(Cc1cccc(Br)c1)c1ccc(CNC2CC2)nn1. The molecular weight excluding hydrogens is 328 g/mol. The van der Waals surface area contributed by atoms with Crippen LogP contribution in [0.15, 0.2) is 40.9 Å². The number of hydrogen-bond donors (Lipinski definition) is 1. The summed E-state index contributed by atoms with van der Waals surface area (Å²) in [6.07, 6.45) is 2.59. The summed E-state index contributed by atoms with van der Waals surface area (Å²) >= 11 is 3.50. The summed E-state index contributed by atoms with van der Waals surface area (Å²) in [7, 11) is 2.03. The molecule has 1 aromatic heterocycles. The Morgan fingerprint density at radius 2 is 2.10 bits per heavy atom. The van der Waals surface area contributed by atoms with E-state index >= 15 is 0 Å². The standard InChI is InChI=1S/C16H19BrN4/c1-21(11-12-3-2-4-13(17)9-12)16-8-7-15(19-20-16)10-18-14-5-6-14/h2-4,7-9,14,18H,5-6,10-11H2,1H3. The zero-order valence-electron chi connectivity index (χ0n) is 12.1. The van der Waals surface area contributed by atoms with Gasteiger partial charge in [-0.15, -0.1) is 5.10 Å². The first kappa shape index (κ1) is 14.5. The summed E-state index contributed by atoms with van der Waals surface area (Å²) in [4.78, 5) is 2.10. The molecule has 0 spiro atoms. The molecule has 0 unspecified atom stereocenters. The van der Waals surface area contributed by atoms with E-state index in [1.54, 1.807) is 0 Å². The highest BCUT2D eigenvalue weighted by molar-refractivity contribution is 9.10. The molecule has 0 radical (unpaired) electrons. The maximum atomic E-state index is 4.32. The molecule has 1 aliphatic carbocycles. The normalized spacial score (nSPS) is 14.2. The van der Waals surface area contributed by atoms with Crippen LogP contribution in [0.4, 0.5) is 5.82 Å². The molecule has 110 valence electrons. The van der Waals surface area contributed by atoms with Gasteiger partial charge in [-0.2, -0.15) is 5.10 Å². The van der Waals surface area contributed by atoms with Gasteiger partial charge in [-0.25, -0.2) is 0 Å². The van der Waals surface area contributed by atoms with E-state index in [2.05, 4.69) is 54.5 Å². The smallest absolute Gasteiger partial charge is 0.151 e. The van der Waals surface area contributed by atoms with Crippen LogP contribution < -0.4 is 10.2 Å². The molecule has 0 aliphatic heterocycles. The second-order valence-electron chi connectivity index (χ2n) is 5.52. The molecule has 0 atom stereocenters. The molecular formula is C16H19BrN4. The Hall–Kier alpha value is -1.46. The van der Waals surface area contributed by atoms with Crippen LogP contribution in [0.3, 0.4) is 0 Å². The van der Waals surface area contributed by atoms with Crippen molar-refractivity contribution in [1.29, 1.82) is 0 Å². The van der Waals surface area contributed by atoms with Gasteiger partial charge in [0.1, 0.15) is 0 Å². The fraction of sp³-hybridized carbons (Fsp3) is 0.375. The third kappa shape index (κ3) is 4.25. The van der Waals surface area contributed by atoms with Crippen LogP contribution in [-0.2, 0) is 13.1 Å². The second-order valence-corrected chi connectivity index (χ2v) is 6.44. The summed E-state index contributed by atoms with van der Waals surface area (Å²) < 4.78 is 1.10. The monoisotopic (exact) mass is 346 g/mol. The van der Waals surface area contributed by atoms with Gasteiger partial charge in [-0.1, -0.05) is 28.1 Å². The van der Waals surface area contributed by atoms with E-state index < -0.39 is 0 Å². The average molecular weight is 347 g/mol. The predicted octanol–water partition coefficient (Wildman–Crippen LogP) is 3.13. The van der Waals surface area contributed by atoms with Gasteiger partial charge in [-0.3, -0.25) is 0 Å². The largest absolute Gasteiger partial charge is 0.354 e. The molecule has 1 aliphatic rings. The highest BCUT2D eigenvalue weighted by atomic mass is 79.9. The molecule has 21 heavy (non-hydrogen) atoms. The van der Waals surface area contributed by atoms with Crippen molar-refractivity contribution < 1.29 is 0 Å². The van der Waals surface area contributed by atoms with Crippen LogP contribution in [-0.4, -0.2) is 23.3 Å². The highest BCUT2D eigenvalue weighted by Crippen LogP contribution is 2.19. The number of halogens is 1. The summed E-state index contributed by atoms with van der Waals surface area (Å²) in [5.41, 5.74) is 2.25. The molecule has 5 heteroatoms. The van der Waals surface area contributed by atoms with Crippen LogP contribution in [0.2, 0.25) is 0 Å². The highest BCUT2D eigenvalue weighted by Gasteiger charge is 2.20. The van der Waals surface area contributed by atoms with Crippen LogP contribution in [0.1, 0.15) is 24.1 Å². The van der Waals surface area contributed by atoms with Gasteiger partial charge >= 0.3 is 0 Å². The number of aromatic nitrogens is 2. The predicted molar refractivity (Wildman–Crippen MR) is 88.1 cm³/mol. The number of nitrogens with zero attached hydrogens (tertiary/aromatic N) is 3. The zero-order valence-corrected chi connectivity index (χ0v) is 13.7. The van der Waals surface area contributed by atoms with Gasteiger partial charge in [-0.05, 0) is 42.7 Å². The van der Waals surface area contributed by atoms with E-state index in [0.717, 1.165) is 29.1 Å². The molecule has 1 aromatic carbocycles. The minimum absolute atomic E-state index is 0.700. The second kappa shape index (κ2) is 6.54. The van der Waals surface area contributed by atoms with Crippen molar-refractivity contribution >= 4 is 21.7 Å². The van der Waals surface area contributed by atoms with Crippen molar-refractivity contribution in [2.75, 3.05) is 11.9 Å². The third-order valence-electron chi connectivity index (χ3n) is 3.55. The van der Waals surface area contributed by atoms with Gasteiger partial charge in [0.25, 0.3) is 0 Å². The first-order valence-corrected chi connectivity index (χ1v) is 8.01. The molecule has 0 amide bonds. The van der Waals surface area contributed by atoms with Crippen LogP contribution in [0.25, 0.3) is 0 Å². The van der Waals surface area contributed by atoms with E-state index in [9.17, 15) is 0 Å².